The van der Waals surface area contributed by atoms with Gasteiger partial charge in [-0.25, -0.2) is 0 Å². The van der Waals surface area contributed by atoms with E-state index in [0.29, 0.717) is 51.9 Å². The maximum atomic E-state index is 13.1. The second-order valence-electron chi connectivity index (χ2n) is 9.69. The number of amides is 1. The van der Waals surface area contributed by atoms with Crippen molar-refractivity contribution in [2.75, 3.05) is 60.2 Å². The Kier molecular flexibility index (Phi) is 12.5. The zero-order valence-corrected chi connectivity index (χ0v) is 22.8. The van der Waals surface area contributed by atoms with E-state index >= 15 is 0 Å². The van der Waals surface area contributed by atoms with Gasteiger partial charge in [-0.05, 0) is 45.5 Å². The number of Topliss-reactive ketones (excluding diaryl/α,β-unsaturated/α-hetero) is 1. The molecule has 206 valence electrons. The molecule has 0 radical (unpaired) electrons. The van der Waals surface area contributed by atoms with E-state index in [9.17, 15) is 9.59 Å². The van der Waals surface area contributed by atoms with E-state index in [0.717, 1.165) is 45.6 Å². The van der Waals surface area contributed by atoms with Gasteiger partial charge in [-0.3, -0.25) is 9.59 Å². The number of aryl methyl sites for hydroxylation is 1. The Hall–Kier alpha value is -2.30. The number of likely N-dealkylation sites (tertiary alicyclic amines) is 1. The molecule has 9 nitrogen and oxygen atoms in total. The molecule has 9 heteroatoms. The normalized spacial score (nSPS) is 14.5. The standard InChI is InChI=1S/C28H45N5O4/c1-22(34)11-16-36-18-19-37-17-12-31-23-8-13-32(14-9-23)28(35)10-15-33-26-7-5-4-6-24(26)25(20-29-2)27(33)21-30-3/h4-7,23,29-31H,8-21H2,1-3H3. The van der Waals surface area contributed by atoms with E-state index in [-0.39, 0.29) is 11.7 Å². The lowest BCUT2D eigenvalue weighted by Gasteiger charge is -2.32. The quantitative estimate of drug-likeness (QED) is 0.278. The first-order valence-corrected chi connectivity index (χ1v) is 13.6. The molecule has 3 rings (SSSR count). The second-order valence-corrected chi connectivity index (χ2v) is 9.69. The van der Waals surface area contributed by atoms with E-state index in [4.69, 9.17) is 9.47 Å². The first-order chi connectivity index (χ1) is 18.0. The number of nitrogens with zero attached hydrogens (tertiary/aromatic N) is 2. The maximum Gasteiger partial charge on any atom is 0.224 e. The van der Waals surface area contributed by atoms with Gasteiger partial charge in [0.1, 0.15) is 5.78 Å². The fourth-order valence-corrected chi connectivity index (χ4v) is 5.00. The van der Waals surface area contributed by atoms with Crippen LogP contribution < -0.4 is 16.0 Å². The third-order valence-electron chi connectivity index (χ3n) is 6.94. The van der Waals surface area contributed by atoms with Crippen LogP contribution in [0.4, 0.5) is 0 Å². The largest absolute Gasteiger partial charge is 0.379 e. The number of ketones is 1. The van der Waals surface area contributed by atoms with Gasteiger partial charge in [0, 0.05) is 74.7 Å². The first kappa shape index (κ1) is 29.3. The number of piperidine rings is 1. The van der Waals surface area contributed by atoms with Crippen LogP contribution >= 0.6 is 0 Å². The fourth-order valence-electron chi connectivity index (χ4n) is 5.00. The van der Waals surface area contributed by atoms with Crippen LogP contribution in [0.2, 0.25) is 0 Å². The van der Waals surface area contributed by atoms with E-state index < -0.39 is 0 Å². The van der Waals surface area contributed by atoms with Gasteiger partial charge in [0.2, 0.25) is 5.91 Å². The second kappa shape index (κ2) is 15.8. The minimum atomic E-state index is 0.143. The predicted molar refractivity (Wildman–Crippen MR) is 147 cm³/mol. The minimum absolute atomic E-state index is 0.143. The molecule has 2 heterocycles. The van der Waals surface area contributed by atoms with Crippen LogP contribution in [0, 0.1) is 0 Å². The molecule has 0 aliphatic carbocycles. The summed E-state index contributed by atoms with van der Waals surface area (Å²) in [5, 5.41) is 11.4. The fraction of sp³-hybridized carbons (Fsp3) is 0.643. The number of hydrogen-bond acceptors (Lipinski definition) is 7. The molecule has 1 fully saturated rings. The van der Waals surface area contributed by atoms with Gasteiger partial charge < -0.3 is 34.9 Å². The van der Waals surface area contributed by atoms with Gasteiger partial charge >= 0.3 is 0 Å². The molecular formula is C28H45N5O4. The number of rotatable bonds is 17. The molecule has 0 saturated carbocycles. The number of carbonyl (C=O) groups excluding carboxylic acids is 2. The highest BCUT2D eigenvalue weighted by Gasteiger charge is 2.23. The summed E-state index contributed by atoms with van der Waals surface area (Å²) in [6.07, 6.45) is 2.89. The Bertz CT molecular complexity index is 984. The molecule has 3 N–H and O–H groups in total. The molecule has 0 bridgehead atoms. The zero-order chi connectivity index (χ0) is 26.5. The number of nitrogens with one attached hydrogen (secondary N) is 3. The number of fused-ring (bicyclic) bond motifs is 1. The van der Waals surface area contributed by atoms with E-state index in [1.807, 2.05) is 19.0 Å². The lowest BCUT2D eigenvalue weighted by molar-refractivity contribution is -0.132. The van der Waals surface area contributed by atoms with Crippen molar-refractivity contribution in [1.29, 1.82) is 0 Å². The van der Waals surface area contributed by atoms with Gasteiger partial charge in [0.25, 0.3) is 0 Å². The van der Waals surface area contributed by atoms with E-state index in [1.165, 1.54) is 22.2 Å². The number of benzene rings is 1. The zero-order valence-electron chi connectivity index (χ0n) is 22.8. The van der Waals surface area contributed by atoms with E-state index in [2.05, 4.69) is 44.8 Å². The molecule has 0 spiro atoms. The molecular weight excluding hydrogens is 470 g/mol. The molecule has 37 heavy (non-hydrogen) atoms. The summed E-state index contributed by atoms with van der Waals surface area (Å²) in [6.45, 7) is 8.35. The van der Waals surface area contributed by atoms with Crippen LogP contribution in [0.3, 0.4) is 0 Å². The average molecular weight is 516 g/mol. The van der Waals surface area contributed by atoms with Gasteiger partial charge in [-0.15, -0.1) is 0 Å². The molecule has 1 aliphatic heterocycles. The summed E-state index contributed by atoms with van der Waals surface area (Å²) < 4.78 is 13.3. The summed E-state index contributed by atoms with van der Waals surface area (Å²) in [6, 6.07) is 8.89. The first-order valence-electron chi connectivity index (χ1n) is 13.6. The van der Waals surface area contributed by atoms with Crippen molar-refractivity contribution in [1.82, 2.24) is 25.4 Å². The van der Waals surface area contributed by atoms with Gasteiger partial charge in [-0.2, -0.15) is 0 Å². The van der Waals surface area contributed by atoms with Crippen LogP contribution in [0.25, 0.3) is 10.9 Å². The van der Waals surface area contributed by atoms with Gasteiger partial charge in [0.05, 0.1) is 26.4 Å². The number of carbonyl (C=O) groups is 2. The highest BCUT2D eigenvalue weighted by Crippen LogP contribution is 2.27. The Morgan fingerprint density at radius 2 is 1.65 bits per heavy atom. The summed E-state index contributed by atoms with van der Waals surface area (Å²) in [7, 11) is 3.94. The maximum absolute atomic E-state index is 13.1. The summed E-state index contributed by atoms with van der Waals surface area (Å²) in [5.74, 6) is 0.375. The van der Waals surface area contributed by atoms with Crippen molar-refractivity contribution < 1.29 is 19.1 Å². The van der Waals surface area contributed by atoms with Crippen molar-refractivity contribution in [3.8, 4) is 0 Å². The number of aromatic nitrogens is 1. The Morgan fingerprint density at radius 1 is 0.946 bits per heavy atom. The van der Waals surface area contributed by atoms with Crippen LogP contribution in [-0.2, 0) is 38.7 Å². The highest BCUT2D eigenvalue weighted by molar-refractivity contribution is 5.86. The highest BCUT2D eigenvalue weighted by atomic mass is 16.5. The summed E-state index contributed by atoms with van der Waals surface area (Å²) in [4.78, 5) is 26.0. The van der Waals surface area contributed by atoms with Crippen molar-refractivity contribution >= 4 is 22.6 Å². The lowest BCUT2D eigenvalue weighted by Crippen LogP contribution is -2.45. The third kappa shape index (κ3) is 8.90. The molecule has 0 unspecified atom stereocenters. The molecule has 2 aromatic rings. The summed E-state index contributed by atoms with van der Waals surface area (Å²) >= 11 is 0. The van der Waals surface area contributed by atoms with Crippen molar-refractivity contribution in [3.05, 3.63) is 35.5 Å². The van der Waals surface area contributed by atoms with Crippen molar-refractivity contribution in [2.45, 2.75) is 58.3 Å². The minimum Gasteiger partial charge on any atom is -0.379 e. The van der Waals surface area contributed by atoms with Gasteiger partial charge in [-0.1, -0.05) is 18.2 Å². The summed E-state index contributed by atoms with van der Waals surface area (Å²) in [5.41, 5.74) is 3.74. The van der Waals surface area contributed by atoms with Crippen LogP contribution in [0.15, 0.2) is 24.3 Å². The number of ether oxygens (including phenoxy) is 2. The smallest absolute Gasteiger partial charge is 0.224 e. The van der Waals surface area contributed by atoms with Crippen LogP contribution in [0.1, 0.15) is 43.9 Å². The Balaban J connectivity index is 1.39. The molecule has 1 amide bonds. The van der Waals surface area contributed by atoms with Crippen molar-refractivity contribution in [2.24, 2.45) is 0 Å². The van der Waals surface area contributed by atoms with Crippen molar-refractivity contribution in [3.63, 3.8) is 0 Å². The van der Waals surface area contributed by atoms with Crippen LogP contribution in [-0.4, -0.2) is 87.4 Å². The topological polar surface area (TPSA) is 96.9 Å². The molecule has 1 saturated heterocycles. The molecule has 1 aromatic heterocycles. The third-order valence-corrected chi connectivity index (χ3v) is 6.94. The van der Waals surface area contributed by atoms with Crippen LogP contribution in [0.5, 0.6) is 0 Å². The average Bonchev–Trinajstić information content (AvgIpc) is 3.19. The number of hydrogen-bond donors (Lipinski definition) is 3. The predicted octanol–water partition coefficient (Wildman–Crippen LogP) is 2.06. The van der Waals surface area contributed by atoms with E-state index in [1.54, 1.807) is 6.92 Å². The molecule has 1 aliphatic rings. The lowest BCUT2D eigenvalue weighted by atomic mass is 10.0. The Morgan fingerprint density at radius 3 is 2.35 bits per heavy atom. The molecule has 1 aromatic carbocycles. The Labute approximate surface area is 221 Å². The number of para-hydroxylation sites is 1. The SMILES string of the molecule is CNCc1c(CNC)n(CCC(=O)N2CCC(NCCOCCOCCC(C)=O)CC2)c2ccccc12. The monoisotopic (exact) mass is 515 g/mol. The molecule has 0 atom stereocenters. The van der Waals surface area contributed by atoms with Gasteiger partial charge in [0.15, 0.2) is 0 Å².